The fraction of sp³-hybridized carbons (Fsp3) is 0.714. The topological polar surface area (TPSA) is 67.0 Å². The lowest BCUT2D eigenvalue weighted by Crippen LogP contribution is -2.38. The molecular formula is C14H21N3O2. The largest absolute Gasteiger partial charge is 0.376 e. The van der Waals surface area contributed by atoms with E-state index in [4.69, 9.17) is 4.74 Å². The Balaban J connectivity index is 1.53. The monoisotopic (exact) mass is 263 g/mol. The molecule has 0 unspecified atom stereocenters. The van der Waals surface area contributed by atoms with Crippen LogP contribution in [0.1, 0.15) is 36.5 Å². The van der Waals surface area contributed by atoms with Crippen molar-refractivity contribution in [2.24, 2.45) is 5.92 Å². The summed E-state index contributed by atoms with van der Waals surface area (Å²) in [5.74, 6) is 1.19. The number of H-pyrrole nitrogens is 1. The van der Waals surface area contributed by atoms with Crippen LogP contribution in [-0.2, 0) is 22.4 Å². The average Bonchev–Trinajstić information content (AvgIpc) is 3.02. The lowest BCUT2D eigenvalue weighted by Gasteiger charge is -2.21. The molecule has 1 aromatic heterocycles. The number of ether oxygens (including phenoxy) is 1. The van der Waals surface area contributed by atoms with Crippen LogP contribution in [0.25, 0.3) is 0 Å². The molecule has 3 rings (SSSR count). The molecule has 1 aliphatic carbocycles. The number of amides is 1. The Labute approximate surface area is 113 Å². The first-order chi connectivity index (χ1) is 9.22. The van der Waals surface area contributed by atoms with Gasteiger partial charge in [0.15, 0.2) is 0 Å². The highest BCUT2D eigenvalue weighted by Gasteiger charge is 2.27. The number of imidazole rings is 1. The lowest BCUT2D eigenvalue weighted by molar-refractivity contribution is -0.125. The van der Waals surface area contributed by atoms with Crippen molar-refractivity contribution in [3.8, 4) is 0 Å². The van der Waals surface area contributed by atoms with E-state index in [1.165, 1.54) is 0 Å². The number of nitrogens with one attached hydrogen (secondary N) is 2. The maximum absolute atomic E-state index is 12.2. The Hall–Kier alpha value is -1.36. The molecule has 1 fully saturated rings. The second-order valence-electron chi connectivity index (χ2n) is 5.57. The number of hydrogen-bond donors (Lipinski definition) is 2. The van der Waals surface area contributed by atoms with Crippen LogP contribution in [0.2, 0.25) is 0 Å². The van der Waals surface area contributed by atoms with Gasteiger partial charge in [0.25, 0.3) is 0 Å². The first-order valence-electron chi connectivity index (χ1n) is 7.16. The molecule has 1 aromatic rings. The highest BCUT2D eigenvalue weighted by Crippen LogP contribution is 2.24. The Morgan fingerprint density at radius 3 is 3.21 bits per heavy atom. The zero-order valence-electron chi connectivity index (χ0n) is 11.4. The fourth-order valence-electron chi connectivity index (χ4n) is 3.01. The van der Waals surface area contributed by atoms with Gasteiger partial charge in [-0.05, 0) is 32.6 Å². The molecular weight excluding hydrogens is 242 g/mol. The van der Waals surface area contributed by atoms with E-state index >= 15 is 0 Å². The molecule has 5 heteroatoms. The van der Waals surface area contributed by atoms with Gasteiger partial charge in [-0.3, -0.25) is 4.79 Å². The molecule has 0 saturated carbocycles. The summed E-state index contributed by atoms with van der Waals surface area (Å²) in [5.41, 5.74) is 2.28. The van der Waals surface area contributed by atoms with Gasteiger partial charge in [0.05, 0.1) is 11.8 Å². The first-order valence-corrected chi connectivity index (χ1v) is 7.16. The fourth-order valence-corrected chi connectivity index (χ4v) is 3.01. The maximum atomic E-state index is 12.2. The van der Waals surface area contributed by atoms with E-state index < -0.39 is 0 Å². The predicted molar refractivity (Wildman–Crippen MR) is 70.8 cm³/mol. The van der Waals surface area contributed by atoms with Crippen LogP contribution in [0.15, 0.2) is 0 Å². The molecule has 2 N–H and O–H groups in total. The molecule has 0 radical (unpaired) electrons. The molecule has 5 nitrogen and oxygen atoms in total. The standard InChI is InChI=1S/C14H21N3O2/c1-9-16-12-5-4-10(7-13(12)17-9)14(18)15-8-11-3-2-6-19-11/h10-11H,2-8H2,1H3,(H,15,18)(H,16,17)/t10-,11+/m0/s1. The number of carbonyl (C=O) groups is 1. The number of nitrogens with zero attached hydrogens (tertiary/aromatic N) is 1. The van der Waals surface area contributed by atoms with E-state index in [0.29, 0.717) is 6.54 Å². The number of aromatic nitrogens is 2. The summed E-state index contributed by atoms with van der Waals surface area (Å²) in [7, 11) is 0. The van der Waals surface area contributed by atoms with Gasteiger partial charge in [0, 0.05) is 31.2 Å². The minimum atomic E-state index is 0.0775. The van der Waals surface area contributed by atoms with Gasteiger partial charge >= 0.3 is 0 Å². The highest BCUT2D eigenvalue weighted by atomic mass is 16.5. The van der Waals surface area contributed by atoms with E-state index in [0.717, 1.165) is 55.9 Å². The first kappa shape index (κ1) is 12.7. The summed E-state index contributed by atoms with van der Waals surface area (Å²) in [5, 5.41) is 3.03. The highest BCUT2D eigenvalue weighted by molar-refractivity contribution is 5.79. The van der Waals surface area contributed by atoms with Crippen LogP contribution in [0.4, 0.5) is 0 Å². The third-order valence-corrected chi connectivity index (χ3v) is 4.06. The minimum absolute atomic E-state index is 0.0775. The summed E-state index contributed by atoms with van der Waals surface area (Å²) in [6.07, 6.45) is 4.98. The lowest BCUT2D eigenvalue weighted by atomic mass is 9.89. The summed E-state index contributed by atoms with van der Waals surface area (Å²) >= 11 is 0. The summed E-state index contributed by atoms with van der Waals surface area (Å²) in [4.78, 5) is 19.9. The van der Waals surface area contributed by atoms with E-state index in [2.05, 4.69) is 15.3 Å². The number of aryl methyl sites for hydroxylation is 2. The molecule has 1 aliphatic heterocycles. The van der Waals surface area contributed by atoms with Gasteiger partial charge in [-0.15, -0.1) is 0 Å². The van der Waals surface area contributed by atoms with Gasteiger partial charge < -0.3 is 15.0 Å². The van der Waals surface area contributed by atoms with Gasteiger partial charge in [-0.25, -0.2) is 4.98 Å². The normalized spacial score (nSPS) is 26.2. The Bertz CT molecular complexity index is 463. The van der Waals surface area contributed by atoms with E-state index in [1.54, 1.807) is 0 Å². The van der Waals surface area contributed by atoms with Crippen LogP contribution in [-0.4, -0.2) is 35.1 Å². The Kier molecular flexibility index (Phi) is 3.55. The molecule has 19 heavy (non-hydrogen) atoms. The van der Waals surface area contributed by atoms with Crippen molar-refractivity contribution in [1.82, 2.24) is 15.3 Å². The molecule has 1 saturated heterocycles. The predicted octanol–water partition coefficient (Wildman–Crippen LogP) is 1.12. The molecule has 104 valence electrons. The molecule has 2 aliphatic rings. The van der Waals surface area contributed by atoms with E-state index in [-0.39, 0.29) is 17.9 Å². The number of carbonyl (C=O) groups excluding carboxylic acids is 1. The van der Waals surface area contributed by atoms with Crippen LogP contribution >= 0.6 is 0 Å². The third kappa shape index (κ3) is 2.81. The van der Waals surface area contributed by atoms with Gasteiger partial charge in [0.2, 0.25) is 5.91 Å². The van der Waals surface area contributed by atoms with Crippen molar-refractivity contribution in [2.75, 3.05) is 13.2 Å². The summed E-state index contributed by atoms with van der Waals surface area (Å²) in [6, 6.07) is 0. The zero-order valence-corrected chi connectivity index (χ0v) is 11.4. The molecule has 2 atom stereocenters. The third-order valence-electron chi connectivity index (χ3n) is 4.06. The molecule has 2 heterocycles. The van der Waals surface area contributed by atoms with Gasteiger partial charge in [-0.2, -0.15) is 0 Å². The van der Waals surface area contributed by atoms with Crippen LogP contribution in [0.3, 0.4) is 0 Å². The van der Waals surface area contributed by atoms with Crippen molar-refractivity contribution < 1.29 is 9.53 Å². The number of fused-ring (bicyclic) bond motifs is 1. The van der Waals surface area contributed by atoms with Gasteiger partial charge in [-0.1, -0.05) is 0 Å². The Morgan fingerprint density at radius 1 is 1.53 bits per heavy atom. The van der Waals surface area contributed by atoms with Crippen LogP contribution in [0, 0.1) is 12.8 Å². The van der Waals surface area contributed by atoms with Crippen molar-refractivity contribution in [2.45, 2.75) is 45.1 Å². The van der Waals surface area contributed by atoms with Crippen molar-refractivity contribution in [1.29, 1.82) is 0 Å². The second kappa shape index (κ2) is 5.33. The van der Waals surface area contributed by atoms with Crippen molar-refractivity contribution >= 4 is 5.91 Å². The molecule has 0 spiro atoms. The van der Waals surface area contributed by atoms with Crippen molar-refractivity contribution in [3.63, 3.8) is 0 Å². The molecule has 0 aromatic carbocycles. The van der Waals surface area contributed by atoms with Crippen LogP contribution < -0.4 is 5.32 Å². The van der Waals surface area contributed by atoms with Gasteiger partial charge in [0.1, 0.15) is 5.82 Å². The summed E-state index contributed by atoms with van der Waals surface area (Å²) < 4.78 is 5.52. The van der Waals surface area contributed by atoms with E-state index in [1.807, 2.05) is 6.92 Å². The SMILES string of the molecule is Cc1nc2c([nH]1)C[C@@H](C(=O)NC[C@H]1CCCO1)CC2. The van der Waals surface area contributed by atoms with E-state index in [9.17, 15) is 4.79 Å². The molecule has 1 amide bonds. The average molecular weight is 263 g/mol. The van der Waals surface area contributed by atoms with Crippen LogP contribution in [0.5, 0.6) is 0 Å². The Morgan fingerprint density at radius 2 is 2.42 bits per heavy atom. The number of hydrogen-bond acceptors (Lipinski definition) is 3. The number of aromatic amines is 1. The zero-order chi connectivity index (χ0) is 13.2. The second-order valence-corrected chi connectivity index (χ2v) is 5.57. The smallest absolute Gasteiger partial charge is 0.223 e. The summed E-state index contributed by atoms with van der Waals surface area (Å²) in [6.45, 7) is 3.45. The maximum Gasteiger partial charge on any atom is 0.223 e. The minimum Gasteiger partial charge on any atom is -0.376 e. The number of rotatable bonds is 3. The molecule has 0 bridgehead atoms. The van der Waals surface area contributed by atoms with Crippen molar-refractivity contribution in [3.05, 3.63) is 17.2 Å². The quantitative estimate of drug-likeness (QED) is 0.858.